The molecule has 0 fully saturated rings. The molecule has 0 unspecified atom stereocenters. The molecule has 4 rings (SSSR count). The lowest BCUT2D eigenvalue weighted by Crippen LogP contribution is -2.33. The van der Waals surface area contributed by atoms with Gasteiger partial charge in [-0.1, -0.05) is 31.2 Å². The fourth-order valence-electron chi connectivity index (χ4n) is 4.60. The highest BCUT2D eigenvalue weighted by Gasteiger charge is 2.26. The summed E-state index contributed by atoms with van der Waals surface area (Å²) >= 11 is 0. The van der Waals surface area contributed by atoms with Crippen molar-refractivity contribution in [2.45, 2.75) is 52.0 Å². The average molecular weight is 419 g/mol. The number of hydrogen-bond donors (Lipinski definition) is 0. The van der Waals surface area contributed by atoms with Crippen LogP contribution >= 0.6 is 0 Å². The summed E-state index contributed by atoms with van der Waals surface area (Å²) in [5.74, 6) is 0.290. The number of ketones is 2. The molecule has 0 bridgehead atoms. The third kappa shape index (κ3) is 4.77. The summed E-state index contributed by atoms with van der Waals surface area (Å²) in [4.78, 5) is 41.2. The Morgan fingerprint density at radius 3 is 2.58 bits per heavy atom. The van der Waals surface area contributed by atoms with E-state index >= 15 is 0 Å². The topological polar surface area (TPSA) is 57.7 Å². The molecule has 0 aliphatic carbocycles. The number of amides is 1. The minimum atomic E-state index is 0.0401. The summed E-state index contributed by atoms with van der Waals surface area (Å²) in [6.45, 7) is 5.41. The molecule has 2 aromatic carbocycles. The third-order valence-corrected chi connectivity index (χ3v) is 6.41. The molecular formula is C26H30N2O3. The number of carbonyl (C=O) groups is 3. The van der Waals surface area contributed by atoms with E-state index in [1.807, 2.05) is 37.3 Å². The smallest absolute Gasteiger partial charge is 0.227 e. The van der Waals surface area contributed by atoms with E-state index in [2.05, 4.69) is 17.0 Å². The molecule has 31 heavy (non-hydrogen) atoms. The summed E-state index contributed by atoms with van der Waals surface area (Å²) in [5.41, 5.74) is 4.85. The molecule has 2 aliphatic heterocycles. The van der Waals surface area contributed by atoms with E-state index < -0.39 is 0 Å². The van der Waals surface area contributed by atoms with Crippen LogP contribution in [-0.4, -0.2) is 42.0 Å². The Kier molecular flexibility index (Phi) is 6.62. The summed E-state index contributed by atoms with van der Waals surface area (Å²) in [6.07, 6.45) is 4.01. The predicted molar refractivity (Wildman–Crippen MR) is 122 cm³/mol. The minimum absolute atomic E-state index is 0.0401. The van der Waals surface area contributed by atoms with Crippen LogP contribution < -0.4 is 4.90 Å². The minimum Gasteiger partial charge on any atom is -0.312 e. The van der Waals surface area contributed by atoms with E-state index in [1.165, 1.54) is 11.1 Å². The molecule has 2 aromatic rings. The van der Waals surface area contributed by atoms with Crippen LogP contribution in [0.3, 0.4) is 0 Å². The SMILES string of the molecule is CCC(=O)c1ccc2c(c1)CN(CCCCN1C(=O)CCC(=O)c3ccccc31)CC2. The van der Waals surface area contributed by atoms with Crippen molar-refractivity contribution in [3.8, 4) is 0 Å². The first kappa shape index (κ1) is 21.4. The van der Waals surface area contributed by atoms with Crippen molar-refractivity contribution in [2.24, 2.45) is 0 Å². The van der Waals surface area contributed by atoms with Gasteiger partial charge in [0.05, 0.1) is 5.69 Å². The lowest BCUT2D eigenvalue weighted by Gasteiger charge is -2.29. The Balaban J connectivity index is 1.33. The standard InChI is InChI=1S/C26H30N2O3/c1-2-24(29)20-10-9-19-13-16-27(18-21(19)17-20)14-5-6-15-28-23-8-4-3-7-22(23)25(30)11-12-26(28)31/h3-4,7-10,17H,2,5-6,11-16,18H2,1H3. The van der Waals surface area contributed by atoms with E-state index in [9.17, 15) is 14.4 Å². The second-order valence-electron chi connectivity index (χ2n) is 8.48. The molecule has 2 aliphatic rings. The van der Waals surface area contributed by atoms with Gasteiger partial charge in [0, 0.05) is 50.0 Å². The van der Waals surface area contributed by atoms with Gasteiger partial charge in [0.15, 0.2) is 11.6 Å². The van der Waals surface area contributed by atoms with Gasteiger partial charge < -0.3 is 4.90 Å². The number of carbonyl (C=O) groups excluding carboxylic acids is 3. The summed E-state index contributed by atoms with van der Waals surface area (Å²) in [6, 6.07) is 13.6. The van der Waals surface area contributed by atoms with Crippen LogP contribution in [0.1, 0.15) is 70.9 Å². The Morgan fingerprint density at radius 2 is 1.74 bits per heavy atom. The van der Waals surface area contributed by atoms with Crippen molar-refractivity contribution < 1.29 is 14.4 Å². The number of para-hydroxylation sites is 1. The van der Waals surface area contributed by atoms with Crippen molar-refractivity contribution in [1.82, 2.24) is 4.90 Å². The number of hydrogen-bond acceptors (Lipinski definition) is 4. The Labute approximate surface area is 184 Å². The molecule has 0 aromatic heterocycles. The van der Waals surface area contributed by atoms with Crippen molar-refractivity contribution in [3.05, 3.63) is 64.7 Å². The highest BCUT2D eigenvalue weighted by molar-refractivity contribution is 6.10. The van der Waals surface area contributed by atoms with Gasteiger partial charge in [0.1, 0.15) is 0 Å². The maximum atomic E-state index is 12.6. The molecule has 0 saturated heterocycles. The van der Waals surface area contributed by atoms with Crippen molar-refractivity contribution >= 4 is 23.2 Å². The number of Topliss-reactive ketones (excluding diaryl/α,β-unsaturated/α-hetero) is 2. The van der Waals surface area contributed by atoms with Gasteiger partial charge in [0.2, 0.25) is 5.91 Å². The highest BCUT2D eigenvalue weighted by atomic mass is 16.2. The van der Waals surface area contributed by atoms with E-state index in [0.29, 0.717) is 24.9 Å². The average Bonchev–Trinajstić information content (AvgIpc) is 2.92. The molecule has 5 nitrogen and oxygen atoms in total. The van der Waals surface area contributed by atoms with Crippen LogP contribution in [0.4, 0.5) is 5.69 Å². The van der Waals surface area contributed by atoms with Crippen LogP contribution in [0.25, 0.3) is 0 Å². The highest BCUT2D eigenvalue weighted by Crippen LogP contribution is 2.27. The first-order valence-electron chi connectivity index (χ1n) is 11.4. The van der Waals surface area contributed by atoms with Crippen molar-refractivity contribution in [3.63, 3.8) is 0 Å². The molecule has 2 heterocycles. The fraction of sp³-hybridized carbons (Fsp3) is 0.423. The van der Waals surface area contributed by atoms with Crippen LogP contribution in [0.15, 0.2) is 42.5 Å². The van der Waals surface area contributed by atoms with E-state index in [0.717, 1.165) is 50.1 Å². The molecule has 0 radical (unpaired) electrons. The summed E-state index contributed by atoms with van der Waals surface area (Å²) in [7, 11) is 0. The zero-order chi connectivity index (χ0) is 21.8. The van der Waals surface area contributed by atoms with Gasteiger partial charge >= 0.3 is 0 Å². The van der Waals surface area contributed by atoms with Crippen LogP contribution in [0.2, 0.25) is 0 Å². The first-order chi connectivity index (χ1) is 15.1. The van der Waals surface area contributed by atoms with Crippen molar-refractivity contribution in [1.29, 1.82) is 0 Å². The second-order valence-corrected chi connectivity index (χ2v) is 8.48. The Morgan fingerprint density at radius 1 is 0.935 bits per heavy atom. The van der Waals surface area contributed by atoms with Gasteiger partial charge in [-0.05, 0) is 55.1 Å². The van der Waals surface area contributed by atoms with E-state index in [-0.39, 0.29) is 23.9 Å². The van der Waals surface area contributed by atoms with Crippen LogP contribution in [0.5, 0.6) is 0 Å². The molecule has 5 heteroatoms. The number of anilines is 1. The van der Waals surface area contributed by atoms with Gasteiger partial charge in [0.25, 0.3) is 0 Å². The number of benzene rings is 2. The summed E-state index contributed by atoms with van der Waals surface area (Å²) in [5, 5.41) is 0. The number of unbranched alkanes of at least 4 members (excludes halogenated alkanes) is 1. The van der Waals surface area contributed by atoms with Crippen molar-refractivity contribution in [2.75, 3.05) is 24.5 Å². The quantitative estimate of drug-likeness (QED) is 0.493. The van der Waals surface area contributed by atoms with Crippen LogP contribution in [-0.2, 0) is 17.8 Å². The maximum Gasteiger partial charge on any atom is 0.227 e. The normalized spacial score (nSPS) is 16.6. The van der Waals surface area contributed by atoms with Gasteiger partial charge in [-0.25, -0.2) is 0 Å². The molecule has 1 amide bonds. The zero-order valence-electron chi connectivity index (χ0n) is 18.2. The zero-order valence-corrected chi connectivity index (χ0v) is 18.2. The molecule has 0 N–H and O–H groups in total. The largest absolute Gasteiger partial charge is 0.312 e. The second kappa shape index (κ2) is 9.56. The number of fused-ring (bicyclic) bond motifs is 2. The Hall–Kier alpha value is -2.79. The monoisotopic (exact) mass is 418 g/mol. The lowest BCUT2D eigenvalue weighted by atomic mass is 9.95. The molecular weight excluding hydrogens is 388 g/mol. The van der Waals surface area contributed by atoms with Gasteiger partial charge in [-0.15, -0.1) is 0 Å². The Bertz CT molecular complexity index is 998. The van der Waals surface area contributed by atoms with Gasteiger partial charge in [-0.2, -0.15) is 0 Å². The molecule has 0 saturated carbocycles. The molecule has 0 atom stereocenters. The number of rotatable bonds is 7. The fourth-order valence-corrected chi connectivity index (χ4v) is 4.60. The number of nitrogens with zero attached hydrogens (tertiary/aromatic N) is 2. The van der Waals surface area contributed by atoms with Crippen LogP contribution in [0, 0.1) is 0 Å². The van der Waals surface area contributed by atoms with E-state index in [1.54, 1.807) is 4.90 Å². The molecule has 162 valence electrons. The maximum absolute atomic E-state index is 12.6. The van der Waals surface area contributed by atoms with E-state index in [4.69, 9.17) is 0 Å². The summed E-state index contributed by atoms with van der Waals surface area (Å²) < 4.78 is 0. The predicted octanol–water partition coefficient (Wildman–Crippen LogP) is 4.43. The lowest BCUT2D eigenvalue weighted by molar-refractivity contribution is -0.118. The molecule has 0 spiro atoms. The van der Waals surface area contributed by atoms with Gasteiger partial charge in [-0.3, -0.25) is 19.3 Å². The third-order valence-electron chi connectivity index (χ3n) is 6.41. The first-order valence-corrected chi connectivity index (χ1v) is 11.4.